The lowest BCUT2D eigenvalue weighted by Gasteiger charge is -2.23. The number of halogens is 1. The van der Waals surface area contributed by atoms with E-state index in [9.17, 15) is 9.59 Å². The van der Waals surface area contributed by atoms with Crippen LogP contribution in [0.2, 0.25) is 5.02 Å². The fourth-order valence-electron chi connectivity index (χ4n) is 4.70. The summed E-state index contributed by atoms with van der Waals surface area (Å²) in [5, 5.41) is 4.01. The molecule has 1 aromatic heterocycles. The third kappa shape index (κ3) is 5.63. The van der Waals surface area contributed by atoms with Gasteiger partial charge in [-0.25, -0.2) is 9.59 Å². The first-order valence-electron chi connectivity index (χ1n) is 11.8. The van der Waals surface area contributed by atoms with E-state index in [1.807, 2.05) is 44.2 Å². The summed E-state index contributed by atoms with van der Waals surface area (Å²) in [6.07, 6.45) is 2.20. The third-order valence-corrected chi connectivity index (χ3v) is 6.69. The third-order valence-electron chi connectivity index (χ3n) is 6.40. The minimum absolute atomic E-state index is 0.00112. The van der Waals surface area contributed by atoms with Gasteiger partial charge in [-0.2, -0.15) is 0 Å². The maximum Gasteiger partial charge on any atom is 0.413 e. The van der Waals surface area contributed by atoms with E-state index in [0.717, 1.165) is 47.2 Å². The Bertz CT molecular complexity index is 1220. The lowest BCUT2D eigenvalue weighted by atomic mass is 9.87. The molecule has 1 aliphatic rings. The summed E-state index contributed by atoms with van der Waals surface area (Å²) < 4.78 is 16.3. The number of ether oxygens (including phenoxy) is 2. The summed E-state index contributed by atoms with van der Waals surface area (Å²) in [6, 6.07) is 11.0. The number of furan rings is 1. The van der Waals surface area contributed by atoms with Crippen LogP contribution in [0.25, 0.3) is 11.0 Å². The van der Waals surface area contributed by atoms with E-state index in [1.54, 1.807) is 6.26 Å². The zero-order chi connectivity index (χ0) is 25.1. The number of nitrogens with one attached hydrogen (secondary N) is 1. The van der Waals surface area contributed by atoms with Crippen LogP contribution in [-0.2, 0) is 16.0 Å². The number of esters is 1. The number of para-hydroxylation sites is 1. The minimum atomic E-state index is -0.801. The summed E-state index contributed by atoms with van der Waals surface area (Å²) in [6.45, 7) is 5.58. The number of benzene rings is 2. The molecule has 0 bridgehead atoms. The number of hydrogen-bond acceptors (Lipinski definition) is 6. The second-order valence-electron chi connectivity index (χ2n) is 9.47. The highest BCUT2D eigenvalue weighted by Crippen LogP contribution is 2.39. The predicted octanol–water partition coefficient (Wildman–Crippen LogP) is 5.38. The molecule has 1 N–H and O–H groups in total. The first-order valence-corrected chi connectivity index (χ1v) is 12.2. The van der Waals surface area contributed by atoms with Crippen LogP contribution in [0.3, 0.4) is 0 Å². The Morgan fingerprint density at radius 3 is 2.77 bits per heavy atom. The lowest BCUT2D eigenvalue weighted by Crippen LogP contribution is -2.43. The highest BCUT2D eigenvalue weighted by atomic mass is 35.5. The molecule has 1 aliphatic heterocycles. The molecule has 0 spiro atoms. The van der Waals surface area contributed by atoms with Crippen molar-refractivity contribution in [2.75, 3.05) is 27.2 Å². The van der Waals surface area contributed by atoms with Gasteiger partial charge >= 0.3 is 12.1 Å². The van der Waals surface area contributed by atoms with E-state index in [4.69, 9.17) is 25.5 Å². The van der Waals surface area contributed by atoms with Crippen molar-refractivity contribution in [1.29, 1.82) is 0 Å². The van der Waals surface area contributed by atoms with Gasteiger partial charge in [-0.1, -0.05) is 43.6 Å². The van der Waals surface area contributed by atoms with E-state index < -0.39 is 18.1 Å². The van der Waals surface area contributed by atoms with Crippen molar-refractivity contribution < 1.29 is 23.5 Å². The summed E-state index contributed by atoms with van der Waals surface area (Å²) in [5.74, 6) is -0.0908. The van der Waals surface area contributed by atoms with E-state index in [0.29, 0.717) is 11.4 Å². The van der Waals surface area contributed by atoms with E-state index in [1.165, 1.54) is 7.11 Å². The van der Waals surface area contributed by atoms with Crippen LogP contribution in [0.15, 0.2) is 47.1 Å². The quantitative estimate of drug-likeness (QED) is 0.459. The fourth-order valence-corrected chi connectivity index (χ4v) is 4.92. The SMILES string of the molecule is COC(=O)[C@@H](CC(C)C)NC(=O)Oc1cc2c(cc1Cl)CCN(C)C[C@@H]2c1cccc2ccoc12. The molecule has 7 nitrogen and oxygen atoms in total. The Hall–Kier alpha value is -3.03. The van der Waals surface area contributed by atoms with Crippen molar-refractivity contribution in [2.45, 2.75) is 38.6 Å². The van der Waals surface area contributed by atoms with Gasteiger partial charge in [-0.15, -0.1) is 0 Å². The van der Waals surface area contributed by atoms with Crippen LogP contribution in [0.5, 0.6) is 5.75 Å². The Kier molecular flexibility index (Phi) is 7.67. The molecule has 1 amide bonds. The van der Waals surface area contributed by atoms with Gasteiger partial charge in [0.05, 0.1) is 18.4 Å². The molecule has 0 fully saturated rings. The number of rotatable bonds is 6. The molecule has 4 rings (SSSR count). The summed E-state index contributed by atoms with van der Waals surface area (Å²) >= 11 is 6.55. The van der Waals surface area contributed by atoms with Crippen LogP contribution < -0.4 is 10.1 Å². The zero-order valence-corrected chi connectivity index (χ0v) is 21.2. The van der Waals surface area contributed by atoms with Crippen molar-refractivity contribution in [3.63, 3.8) is 0 Å². The maximum absolute atomic E-state index is 12.7. The molecule has 0 saturated carbocycles. The first-order chi connectivity index (χ1) is 16.8. The van der Waals surface area contributed by atoms with Crippen LogP contribution in [0.1, 0.15) is 42.9 Å². The van der Waals surface area contributed by atoms with Gasteiger partial charge < -0.3 is 24.1 Å². The number of hydrogen-bond donors (Lipinski definition) is 1. The molecular weight excluding hydrogens is 468 g/mol. The number of fused-ring (bicyclic) bond motifs is 2. The van der Waals surface area contributed by atoms with Gasteiger partial charge in [-0.05, 0) is 55.1 Å². The van der Waals surface area contributed by atoms with Crippen LogP contribution in [0, 0.1) is 5.92 Å². The number of methoxy groups -OCH3 is 1. The van der Waals surface area contributed by atoms with Crippen molar-refractivity contribution in [3.05, 3.63) is 64.4 Å². The Morgan fingerprint density at radius 2 is 2.03 bits per heavy atom. The predicted molar refractivity (Wildman–Crippen MR) is 135 cm³/mol. The lowest BCUT2D eigenvalue weighted by molar-refractivity contribution is -0.143. The van der Waals surface area contributed by atoms with Crippen LogP contribution in [0.4, 0.5) is 4.79 Å². The van der Waals surface area contributed by atoms with E-state index in [2.05, 4.69) is 23.3 Å². The second-order valence-corrected chi connectivity index (χ2v) is 9.88. The van der Waals surface area contributed by atoms with Gasteiger partial charge in [-0.3, -0.25) is 0 Å². The fraction of sp³-hybridized carbons (Fsp3) is 0.407. The molecule has 0 saturated heterocycles. The van der Waals surface area contributed by atoms with Gasteiger partial charge in [0.1, 0.15) is 11.6 Å². The Balaban J connectivity index is 1.66. The number of likely N-dealkylation sites (N-methyl/N-ethyl adjacent to an activating group) is 1. The first kappa shape index (κ1) is 25.1. The van der Waals surface area contributed by atoms with Crippen LogP contribution >= 0.6 is 11.6 Å². The number of carbonyl (C=O) groups is 2. The smallest absolute Gasteiger partial charge is 0.413 e. The van der Waals surface area contributed by atoms with Gasteiger partial charge in [0.2, 0.25) is 0 Å². The van der Waals surface area contributed by atoms with Crippen molar-refractivity contribution >= 4 is 34.6 Å². The Morgan fingerprint density at radius 1 is 1.23 bits per heavy atom. The Labute approximate surface area is 210 Å². The van der Waals surface area contributed by atoms with Gasteiger partial charge in [0, 0.05) is 30.0 Å². The molecule has 0 radical (unpaired) electrons. The molecule has 2 heterocycles. The molecular formula is C27H31ClN2O5. The monoisotopic (exact) mass is 498 g/mol. The molecule has 2 aromatic carbocycles. The maximum atomic E-state index is 12.7. The molecule has 186 valence electrons. The largest absolute Gasteiger partial charge is 0.467 e. The highest BCUT2D eigenvalue weighted by molar-refractivity contribution is 6.32. The standard InChI is InChI=1S/C27H31ClN2O5/c1-16(2)12-23(26(31)33-4)29-27(32)35-24-14-20-18(13-22(24)28)8-10-30(3)15-21(20)19-7-5-6-17-9-11-34-25(17)19/h5-7,9,11,13-14,16,21,23H,8,10,12,15H2,1-4H3,(H,29,32)/t21-,23-/m1/s1. The molecule has 0 aliphatic carbocycles. The normalized spacial score (nSPS) is 17.0. The summed E-state index contributed by atoms with van der Waals surface area (Å²) in [4.78, 5) is 27.1. The van der Waals surface area contributed by atoms with Gasteiger partial charge in [0.15, 0.2) is 5.75 Å². The number of amides is 1. The average molecular weight is 499 g/mol. The molecule has 3 aromatic rings. The molecule has 8 heteroatoms. The molecule has 2 atom stereocenters. The van der Waals surface area contributed by atoms with Gasteiger partial charge in [0.25, 0.3) is 0 Å². The topological polar surface area (TPSA) is 81.0 Å². The highest BCUT2D eigenvalue weighted by Gasteiger charge is 2.28. The molecule has 35 heavy (non-hydrogen) atoms. The van der Waals surface area contributed by atoms with Crippen LogP contribution in [-0.4, -0.2) is 50.3 Å². The van der Waals surface area contributed by atoms with Crippen molar-refractivity contribution in [2.24, 2.45) is 5.92 Å². The second kappa shape index (κ2) is 10.7. The van der Waals surface area contributed by atoms with E-state index in [-0.39, 0.29) is 17.6 Å². The minimum Gasteiger partial charge on any atom is -0.467 e. The number of nitrogens with zero attached hydrogens (tertiary/aromatic N) is 1. The van der Waals surface area contributed by atoms with E-state index >= 15 is 0 Å². The molecule has 0 unspecified atom stereocenters. The summed E-state index contributed by atoms with van der Waals surface area (Å²) in [5.41, 5.74) is 4.07. The van der Waals surface area contributed by atoms with Crippen molar-refractivity contribution in [3.8, 4) is 5.75 Å². The zero-order valence-electron chi connectivity index (χ0n) is 20.5. The average Bonchev–Trinajstić information content (AvgIpc) is 3.24. The summed E-state index contributed by atoms with van der Waals surface area (Å²) in [7, 11) is 3.39. The van der Waals surface area contributed by atoms with Crippen molar-refractivity contribution in [1.82, 2.24) is 10.2 Å². The number of carbonyl (C=O) groups excluding carboxylic acids is 2.